The van der Waals surface area contributed by atoms with Crippen LogP contribution in [0.1, 0.15) is 11.5 Å². The van der Waals surface area contributed by atoms with E-state index in [0.29, 0.717) is 11.8 Å². The number of nitrogens with two attached hydrogens (primary N) is 1. The SMILES string of the molecule is N/C(=N/O)C(CNCC1CSCCS1)c1ccccc1. The fraction of sp³-hybridized carbons (Fsp3) is 0.500. The monoisotopic (exact) mass is 311 g/mol. The Labute approximate surface area is 128 Å². The quantitative estimate of drug-likeness (QED) is 0.324. The lowest BCUT2D eigenvalue weighted by atomic mass is 9.98. The smallest absolute Gasteiger partial charge is 0.147 e. The van der Waals surface area contributed by atoms with Gasteiger partial charge in [-0.05, 0) is 5.56 Å². The number of thioether (sulfide) groups is 2. The fourth-order valence-corrected chi connectivity index (χ4v) is 4.84. The molecule has 1 aliphatic heterocycles. The lowest BCUT2D eigenvalue weighted by Gasteiger charge is -2.23. The summed E-state index contributed by atoms with van der Waals surface area (Å²) in [6.07, 6.45) is 0. The lowest BCUT2D eigenvalue weighted by molar-refractivity contribution is 0.315. The minimum absolute atomic E-state index is 0.0811. The summed E-state index contributed by atoms with van der Waals surface area (Å²) in [7, 11) is 0. The van der Waals surface area contributed by atoms with Crippen molar-refractivity contribution in [1.82, 2.24) is 5.32 Å². The second kappa shape index (κ2) is 8.44. The van der Waals surface area contributed by atoms with Gasteiger partial charge in [-0.15, -0.1) is 0 Å². The zero-order valence-corrected chi connectivity index (χ0v) is 13.0. The highest BCUT2D eigenvalue weighted by molar-refractivity contribution is 8.06. The molecular formula is C14H21N3OS2. The summed E-state index contributed by atoms with van der Waals surface area (Å²) in [6, 6.07) is 9.93. The van der Waals surface area contributed by atoms with Crippen LogP contribution in [-0.2, 0) is 0 Å². The molecular weight excluding hydrogens is 290 g/mol. The topological polar surface area (TPSA) is 70.6 Å². The molecule has 1 saturated heterocycles. The highest BCUT2D eigenvalue weighted by atomic mass is 32.2. The normalized spacial score (nSPS) is 21.6. The third-order valence-electron chi connectivity index (χ3n) is 3.28. The summed E-state index contributed by atoms with van der Waals surface area (Å²) >= 11 is 4.05. The lowest BCUT2D eigenvalue weighted by Crippen LogP contribution is -2.36. The molecule has 4 nitrogen and oxygen atoms in total. The number of nitrogens with one attached hydrogen (secondary N) is 1. The van der Waals surface area contributed by atoms with Crippen molar-refractivity contribution in [3.8, 4) is 0 Å². The van der Waals surface area contributed by atoms with Gasteiger partial charge in [0.1, 0.15) is 5.84 Å². The van der Waals surface area contributed by atoms with Crippen LogP contribution in [0, 0.1) is 0 Å². The third kappa shape index (κ3) is 4.61. The van der Waals surface area contributed by atoms with Crippen molar-refractivity contribution in [2.24, 2.45) is 10.9 Å². The van der Waals surface area contributed by atoms with E-state index in [1.54, 1.807) is 0 Å². The first-order chi connectivity index (χ1) is 9.81. The van der Waals surface area contributed by atoms with Crippen LogP contribution in [0.15, 0.2) is 35.5 Å². The fourth-order valence-electron chi connectivity index (χ4n) is 2.19. The predicted molar refractivity (Wildman–Crippen MR) is 89.0 cm³/mol. The largest absolute Gasteiger partial charge is 0.409 e. The van der Waals surface area contributed by atoms with Crippen molar-refractivity contribution in [2.75, 3.05) is 30.3 Å². The second-order valence-electron chi connectivity index (χ2n) is 4.71. The van der Waals surface area contributed by atoms with Crippen LogP contribution in [0.25, 0.3) is 0 Å². The molecule has 6 heteroatoms. The number of hydrogen-bond donors (Lipinski definition) is 3. The first-order valence-electron chi connectivity index (χ1n) is 6.73. The van der Waals surface area contributed by atoms with E-state index in [0.717, 1.165) is 12.1 Å². The molecule has 0 spiro atoms. The van der Waals surface area contributed by atoms with Gasteiger partial charge < -0.3 is 16.3 Å². The molecule has 0 amide bonds. The van der Waals surface area contributed by atoms with Gasteiger partial charge >= 0.3 is 0 Å². The maximum absolute atomic E-state index is 8.94. The molecule has 0 aromatic heterocycles. The Balaban J connectivity index is 1.88. The first kappa shape index (κ1) is 15.5. The van der Waals surface area contributed by atoms with Crippen LogP contribution in [-0.4, -0.2) is 46.6 Å². The molecule has 0 radical (unpaired) electrons. The van der Waals surface area contributed by atoms with Gasteiger partial charge in [-0.3, -0.25) is 0 Å². The molecule has 1 fully saturated rings. The van der Waals surface area contributed by atoms with E-state index in [9.17, 15) is 0 Å². The van der Waals surface area contributed by atoms with Crippen molar-refractivity contribution >= 4 is 29.4 Å². The van der Waals surface area contributed by atoms with Crippen molar-refractivity contribution in [3.63, 3.8) is 0 Å². The molecule has 4 N–H and O–H groups in total. The van der Waals surface area contributed by atoms with Crippen LogP contribution in [0.3, 0.4) is 0 Å². The maximum Gasteiger partial charge on any atom is 0.147 e. The molecule has 110 valence electrons. The molecule has 2 rings (SSSR count). The number of hydrogen-bond acceptors (Lipinski definition) is 5. The van der Waals surface area contributed by atoms with E-state index in [-0.39, 0.29) is 11.8 Å². The maximum atomic E-state index is 8.94. The molecule has 2 unspecified atom stereocenters. The summed E-state index contributed by atoms with van der Waals surface area (Å²) < 4.78 is 0. The van der Waals surface area contributed by atoms with E-state index >= 15 is 0 Å². The average Bonchev–Trinajstić information content (AvgIpc) is 2.53. The van der Waals surface area contributed by atoms with Gasteiger partial charge in [0.15, 0.2) is 0 Å². The highest BCUT2D eigenvalue weighted by Gasteiger charge is 2.18. The van der Waals surface area contributed by atoms with Gasteiger partial charge in [0, 0.05) is 35.6 Å². The Hall–Kier alpha value is -0.850. The molecule has 0 aliphatic carbocycles. The molecule has 0 saturated carbocycles. The van der Waals surface area contributed by atoms with E-state index in [1.165, 1.54) is 17.3 Å². The Morgan fingerprint density at radius 2 is 2.20 bits per heavy atom. The molecule has 1 aromatic carbocycles. The molecule has 1 aliphatic rings. The molecule has 1 heterocycles. The molecule has 0 bridgehead atoms. The van der Waals surface area contributed by atoms with Crippen LogP contribution >= 0.6 is 23.5 Å². The van der Waals surface area contributed by atoms with Crippen LogP contribution in [0.4, 0.5) is 0 Å². The number of nitrogens with zero attached hydrogens (tertiary/aromatic N) is 1. The van der Waals surface area contributed by atoms with Crippen LogP contribution < -0.4 is 11.1 Å². The molecule has 2 atom stereocenters. The van der Waals surface area contributed by atoms with Crippen molar-refractivity contribution in [2.45, 2.75) is 11.2 Å². The minimum atomic E-state index is -0.0811. The molecule has 1 aromatic rings. The average molecular weight is 311 g/mol. The number of rotatable bonds is 6. The highest BCUT2D eigenvalue weighted by Crippen LogP contribution is 2.23. The van der Waals surface area contributed by atoms with Gasteiger partial charge in [0.25, 0.3) is 0 Å². The van der Waals surface area contributed by atoms with Crippen molar-refractivity contribution in [3.05, 3.63) is 35.9 Å². The van der Waals surface area contributed by atoms with Crippen LogP contribution in [0.5, 0.6) is 0 Å². The zero-order chi connectivity index (χ0) is 14.2. The first-order valence-corrected chi connectivity index (χ1v) is 8.94. The minimum Gasteiger partial charge on any atom is -0.409 e. The standard InChI is InChI=1S/C14H21N3OS2/c15-14(17-18)13(11-4-2-1-3-5-11)9-16-8-12-10-19-6-7-20-12/h1-5,12-13,16,18H,6-10H2,(H2,15,17). The van der Waals surface area contributed by atoms with Gasteiger partial charge in [-0.25, -0.2) is 0 Å². The van der Waals surface area contributed by atoms with E-state index in [4.69, 9.17) is 10.9 Å². The Morgan fingerprint density at radius 3 is 2.85 bits per heavy atom. The van der Waals surface area contributed by atoms with E-state index in [1.807, 2.05) is 53.9 Å². The van der Waals surface area contributed by atoms with Crippen molar-refractivity contribution < 1.29 is 5.21 Å². The predicted octanol–water partition coefficient (Wildman–Crippen LogP) is 1.95. The third-order valence-corrected chi connectivity index (χ3v) is 6.12. The van der Waals surface area contributed by atoms with Gasteiger partial charge in [0.2, 0.25) is 0 Å². The Bertz CT molecular complexity index is 422. The number of oxime groups is 1. The second-order valence-corrected chi connectivity index (χ2v) is 7.27. The summed E-state index contributed by atoms with van der Waals surface area (Å²) in [5.74, 6) is 3.88. The van der Waals surface area contributed by atoms with Gasteiger partial charge in [0.05, 0.1) is 5.92 Å². The summed E-state index contributed by atoms with van der Waals surface area (Å²) in [6.45, 7) is 1.67. The van der Waals surface area contributed by atoms with Crippen molar-refractivity contribution in [1.29, 1.82) is 0 Å². The Morgan fingerprint density at radius 1 is 1.40 bits per heavy atom. The summed E-state index contributed by atoms with van der Waals surface area (Å²) in [4.78, 5) is 0. The Kier molecular flexibility index (Phi) is 6.56. The van der Waals surface area contributed by atoms with E-state index < -0.39 is 0 Å². The number of amidine groups is 1. The molecule has 20 heavy (non-hydrogen) atoms. The number of benzene rings is 1. The summed E-state index contributed by atoms with van der Waals surface area (Å²) in [5.41, 5.74) is 6.89. The van der Waals surface area contributed by atoms with Gasteiger partial charge in [-0.1, -0.05) is 35.5 Å². The summed E-state index contributed by atoms with van der Waals surface area (Å²) in [5, 5.41) is 16.2. The van der Waals surface area contributed by atoms with Crippen LogP contribution in [0.2, 0.25) is 0 Å². The van der Waals surface area contributed by atoms with Gasteiger partial charge in [-0.2, -0.15) is 23.5 Å². The zero-order valence-electron chi connectivity index (χ0n) is 11.4. The van der Waals surface area contributed by atoms with E-state index in [2.05, 4.69) is 10.5 Å².